The van der Waals surface area contributed by atoms with Crippen molar-refractivity contribution in [3.8, 4) is 11.5 Å². The zero-order chi connectivity index (χ0) is 21.4. The van der Waals surface area contributed by atoms with Crippen LogP contribution in [0.1, 0.15) is 36.1 Å². The van der Waals surface area contributed by atoms with Gasteiger partial charge in [-0.15, -0.1) is 0 Å². The molecule has 0 saturated carbocycles. The van der Waals surface area contributed by atoms with E-state index in [9.17, 15) is 0 Å². The SMILES string of the molecule is COc1ccc(C)cc1C([S-])=C(C)[S-].COc1ccc(C)cc1C([S-])=C(C)[S-].[Ni]. The molecule has 0 atom stereocenters. The van der Waals surface area contributed by atoms with Crippen molar-refractivity contribution in [2.75, 3.05) is 14.2 Å². The standard InChI is InChI=1S/2C11H14OS2.Ni/c2*1-7-4-5-10(12-3)9(6-7)11(14)8(2)13;/h2*4-6,13-14H,1-3H3;/p-4. The van der Waals surface area contributed by atoms with E-state index >= 15 is 0 Å². The average molecular weight is 507 g/mol. The Kier molecular flexibility index (Phi) is 12.7. The third-order valence-electron chi connectivity index (χ3n) is 3.84. The fourth-order valence-electron chi connectivity index (χ4n) is 2.38. The van der Waals surface area contributed by atoms with Gasteiger partial charge in [-0.3, -0.25) is 0 Å². The van der Waals surface area contributed by atoms with E-state index in [4.69, 9.17) is 60.0 Å². The Morgan fingerprint density at radius 2 is 0.966 bits per heavy atom. The van der Waals surface area contributed by atoms with E-state index in [1.54, 1.807) is 14.2 Å². The molecule has 0 spiro atoms. The second-order valence-electron chi connectivity index (χ2n) is 6.18. The minimum Gasteiger partial charge on any atom is -0.785 e. The van der Waals surface area contributed by atoms with Crippen LogP contribution in [0.25, 0.3) is 9.81 Å². The summed E-state index contributed by atoms with van der Waals surface area (Å²) in [6.07, 6.45) is 0. The van der Waals surface area contributed by atoms with E-state index in [0.717, 1.165) is 43.6 Å². The first-order valence-electron chi connectivity index (χ1n) is 8.52. The van der Waals surface area contributed by atoms with Gasteiger partial charge in [-0.2, -0.15) is 9.81 Å². The van der Waals surface area contributed by atoms with Gasteiger partial charge in [0.1, 0.15) is 11.5 Å². The predicted molar refractivity (Wildman–Crippen MR) is 130 cm³/mol. The second kappa shape index (κ2) is 13.2. The molecule has 0 aliphatic rings. The molecular weight excluding hydrogens is 483 g/mol. The molecule has 162 valence electrons. The van der Waals surface area contributed by atoms with Gasteiger partial charge in [0.2, 0.25) is 0 Å². The zero-order valence-corrected chi connectivity index (χ0v) is 21.5. The number of aryl methyl sites for hydroxylation is 2. The smallest absolute Gasteiger partial charge is 0.124 e. The van der Waals surface area contributed by atoms with Crippen LogP contribution in [-0.4, -0.2) is 14.2 Å². The van der Waals surface area contributed by atoms with Crippen molar-refractivity contribution in [1.29, 1.82) is 0 Å². The quantitative estimate of drug-likeness (QED) is 0.395. The summed E-state index contributed by atoms with van der Waals surface area (Å²) < 4.78 is 10.4. The summed E-state index contributed by atoms with van der Waals surface area (Å²) in [6.45, 7) is 7.70. The van der Waals surface area contributed by atoms with Gasteiger partial charge in [-0.05, 0) is 49.2 Å². The van der Waals surface area contributed by atoms with Crippen LogP contribution in [0.15, 0.2) is 46.2 Å². The molecular formula is C22H24NiO2S4-4. The first-order valence-corrected chi connectivity index (χ1v) is 10.2. The van der Waals surface area contributed by atoms with Gasteiger partial charge in [-0.25, -0.2) is 9.81 Å². The third kappa shape index (κ3) is 8.27. The maximum Gasteiger partial charge on any atom is 0.124 e. The first kappa shape index (κ1) is 27.9. The summed E-state index contributed by atoms with van der Waals surface area (Å²) in [5.41, 5.74) is 4.13. The Labute approximate surface area is 207 Å². The van der Waals surface area contributed by atoms with Gasteiger partial charge in [0.05, 0.1) is 14.2 Å². The van der Waals surface area contributed by atoms with E-state index < -0.39 is 0 Å². The van der Waals surface area contributed by atoms with Gasteiger partial charge >= 0.3 is 0 Å². The van der Waals surface area contributed by atoms with Gasteiger partial charge in [-0.1, -0.05) is 37.1 Å². The van der Waals surface area contributed by atoms with Crippen LogP contribution in [0, 0.1) is 13.8 Å². The molecule has 0 heterocycles. The fourth-order valence-corrected chi connectivity index (χ4v) is 2.92. The molecule has 0 aliphatic carbocycles. The van der Waals surface area contributed by atoms with Crippen molar-refractivity contribution < 1.29 is 26.0 Å². The Morgan fingerprint density at radius 1 is 0.655 bits per heavy atom. The van der Waals surface area contributed by atoms with Crippen LogP contribution >= 0.6 is 0 Å². The zero-order valence-electron chi connectivity index (χ0n) is 17.2. The van der Waals surface area contributed by atoms with Gasteiger partial charge in [0.25, 0.3) is 0 Å². The Hall–Kier alpha value is -1.11. The number of allylic oxidation sites excluding steroid dienone is 2. The van der Waals surface area contributed by atoms with Gasteiger partial charge in [0, 0.05) is 16.5 Å². The third-order valence-corrected chi connectivity index (χ3v) is 5.56. The van der Waals surface area contributed by atoms with Gasteiger partial charge < -0.3 is 60.0 Å². The molecule has 0 fully saturated rings. The molecule has 0 amide bonds. The summed E-state index contributed by atoms with van der Waals surface area (Å²) in [6, 6.07) is 11.8. The van der Waals surface area contributed by atoms with Crippen molar-refractivity contribution in [3.63, 3.8) is 0 Å². The molecule has 2 rings (SSSR count). The topological polar surface area (TPSA) is 18.5 Å². The Bertz CT molecular complexity index is 811. The van der Waals surface area contributed by atoms with Crippen LogP contribution in [0.2, 0.25) is 0 Å². The van der Waals surface area contributed by atoms with Crippen LogP contribution < -0.4 is 9.47 Å². The number of ether oxygens (including phenoxy) is 2. The van der Waals surface area contributed by atoms with E-state index in [1.165, 1.54) is 0 Å². The average Bonchev–Trinajstić information content (AvgIpc) is 2.66. The fraction of sp³-hybridized carbons (Fsp3) is 0.273. The molecule has 0 aromatic heterocycles. The molecule has 0 radical (unpaired) electrons. The summed E-state index contributed by atoms with van der Waals surface area (Å²) in [7, 11) is 3.27. The summed E-state index contributed by atoms with van der Waals surface area (Å²) in [5.74, 6) is 1.56. The number of benzene rings is 2. The van der Waals surface area contributed by atoms with E-state index in [0.29, 0.717) is 9.81 Å². The molecule has 2 nitrogen and oxygen atoms in total. The minimum atomic E-state index is 0. The molecule has 2 aromatic carbocycles. The number of hydrogen-bond acceptors (Lipinski definition) is 6. The molecule has 0 N–H and O–H groups in total. The molecule has 2 aromatic rings. The largest absolute Gasteiger partial charge is 0.785 e. The maximum atomic E-state index is 5.24. The number of methoxy groups -OCH3 is 2. The predicted octanol–water partition coefficient (Wildman–Crippen LogP) is 5.57. The van der Waals surface area contributed by atoms with Gasteiger partial charge in [0.15, 0.2) is 0 Å². The number of rotatable bonds is 4. The van der Waals surface area contributed by atoms with Crippen molar-refractivity contribution in [2.45, 2.75) is 27.7 Å². The summed E-state index contributed by atoms with van der Waals surface area (Å²) >= 11 is 20.6. The van der Waals surface area contributed by atoms with Crippen molar-refractivity contribution in [3.05, 3.63) is 68.5 Å². The molecule has 0 bridgehead atoms. The molecule has 0 saturated heterocycles. The second-order valence-corrected chi connectivity index (χ2v) is 8.22. The van der Waals surface area contributed by atoms with Crippen LogP contribution in [0.5, 0.6) is 11.5 Å². The first-order chi connectivity index (χ1) is 13.1. The Morgan fingerprint density at radius 3 is 1.21 bits per heavy atom. The van der Waals surface area contributed by atoms with E-state index in [1.807, 2.05) is 64.1 Å². The van der Waals surface area contributed by atoms with Crippen molar-refractivity contribution in [2.24, 2.45) is 0 Å². The number of hydrogen-bond donors (Lipinski definition) is 0. The maximum absolute atomic E-state index is 5.24. The molecule has 7 heteroatoms. The van der Waals surface area contributed by atoms with E-state index in [-0.39, 0.29) is 16.5 Å². The minimum absolute atomic E-state index is 0. The van der Waals surface area contributed by atoms with Crippen LogP contribution in [0.4, 0.5) is 0 Å². The summed E-state index contributed by atoms with van der Waals surface area (Å²) in [4.78, 5) is 2.84. The van der Waals surface area contributed by atoms with E-state index in [2.05, 4.69) is 0 Å². The van der Waals surface area contributed by atoms with Crippen molar-refractivity contribution >= 4 is 60.3 Å². The molecule has 29 heavy (non-hydrogen) atoms. The van der Waals surface area contributed by atoms with Crippen molar-refractivity contribution in [1.82, 2.24) is 0 Å². The van der Waals surface area contributed by atoms with Crippen LogP contribution in [0.3, 0.4) is 0 Å². The Balaban J connectivity index is 0.000000523. The monoisotopic (exact) mass is 506 g/mol. The summed E-state index contributed by atoms with van der Waals surface area (Å²) in [5, 5.41) is 0. The molecule has 0 unspecified atom stereocenters. The normalized spacial score (nSPS) is 11.8. The van der Waals surface area contributed by atoms with Crippen LogP contribution in [-0.2, 0) is 67.0 Å². The molecule has 0 aliphatic heterocycles.